The van der Waals surface area contributed by atoms with Gasteiger partial charge in [0, 0.05) is 12.4 Å². The molecule has 0 spiro atoms. The van der Waals surface area contributed by atoms with E-state index in [9.17, 15) is 0 Å². The molecule has 0 atom stereocenters. The van der Waals surface area contributed by atoms with Crippen LogP contribution in [-0.2, 0) is 0 Å². The molecule has 0 N–H and O–H groups in total. The van der Waals surface area contributed by atoms with Crippen molar-refractivity contribution < 1.29 is 4.84 Å². The minimum atomic E-state index is 0.465. The number of benzene rings is 1. The summed E-state index contributed by atoms with van der Waals surface area (Å²) in [6.07, 6.45) is 3.53. The van der Waals surface area contributed by atoms with E-state index >= 15 is 0 Å². The molecular weight excluding hydrogens is 221 g/mol. The van der Waals surface area contributed by atoms with Crippen LogP contribution in [0.25, 0.3) is 0 Å². The topological polar surface area (TPSA) is 14.2 Å². The zero-order chi connectivity index (χ0) is 9.97. The third-order valence-corrected chi connectivity index (χ3v) is 2.29. The summed E-state index contributed by atoms with van der Waals surface area (Å²) in [5.41, 5.74) is 0. The zero-order valence-electron chi connectivity index (χ0n) is 7.15. The molecule has 0 unspecified atom stereocenters. The van der Waals surface area contributed by atoms with Gasteiger partial charge in [0.1, 0.15) is 0 Å². The highest BCUT2D eigenvalue weighted by atomic mass is 35.5. The lowest BCUT2D eigenvalue weighted by atomic mass is 10.3. The molecule has 2 aromatic rings. The Labute approximate surface area is 91.6 Å². The van der Waals surface area contributed by atoms with Crippen molar-refractivity contribution in [3.05, 3.63) is 52.8 Å². The van der Waals surface area contributed by atoms with Gasteiger partial charge in [-0.2, -0.15) is 4.73 Å². The van der Waals surface area contributed by atoms with Crippen molar-refractivity contribution in [1.29, 1.82) is 0 Å². The standard InChI is InChI=1S/C10H7Cl2NO/c11-8-4-3-5-9(12)10(8)14-13-6-1-2-7-13/h1-7H. The van der Waals surface area contributed by atoms with Gasteiger partial charge in [-0.1, -0.05) is 29.3 Å². The van der Waals surface area contributed by atoms with E-state index in [2.05, 4.69) is 0 Å². The lowest BCUT2D eigenvalue weighted by Gasteiger charge is -2.08. The summed E-state index contributed by atoms with van der Waals surface area (Å²) in [6.45, 7) is 0. The maximum absolute atomic E-state index is 5.92. The second kappa shape index (κ2) is 3.95. The van der Waals surface area contributed by atoms with Crippen LogP contribution in [0.2, 0.25) is 10.0 Å². The van der Waals surface area contributed by atoms with Crippen LogP contribution in [0.5, 0.6) is 5.75 Å². The van der Waals surface area contributed by atoms with Crippen LogP contribution in [0.15, 0.2) is 42.7 Å². The Morgan fingerprint density at radius 1 is 0.929 bits per heavy atom. The summed E-state index contributed by atoms with van der Waals surface area (Å²) in [5, 5.41) is 0.984. The molecule has 2 rings (SSSR count). The monoisotopic (exact) mass is 227 g/mol. The molecule has 0 aliphatic carbocycles. The highest BCUT2D eigenvalue weighted by Gasteiger charge is 2.06. The molecule has 1 aromatic heterocycles. The summed E-state index contributed by atoms with van der Waals surface area (Å²) in [6, 6.07) is 8.93. The Balaban J connectivity index is 2.33. The second-order valence-electron chi connectivity index (χ2n) is 2.69. The third kappa shape index (κ3) is 1.86. The van der Waals surface area contributed by atoms with Crippen LogP contribution >= 0.6 is 23.2 Å². The maximum atomic E-state index is 5.92. The first-order valence-corrected chi connectivity index (χ1v) is 4.78. The van der Waals surface area contributed by atoms with E-state index in [1.165, 1.54) is 4.73 Å². The Bertz CT molecular complexity index is 405. The fraction of sp³-hybridized carbons (Fsp3) is 0. The van der Waals surface area contributed by atoms with Crippen LogP contribution in [0, 0.1) is 0 Å². The first kappa shape index (κ1) is 9.44. The maximum Gasteiger partial charge on any atom is 0.192 e. The Kier molecular flexibility index (Phi) is 2.66. The van der Waals surface area contributed by atoms with Crippen LogP contribution in [0.3, 0.4) is 0 Å². The Morgan fingerprint density at radius 2 is 1.50 bits per heavy atom. The highest BCUT2D eigenvalue weighted by molar-refractivity contribution is 6.37. The predicted octanol–water partition coefficient (Wildman–Crippen LogP) is 3.64. The lowest BCUT2D eigenvalue weighted by Crippen LogP contribution is -2.02. The molecule has 0 bridgehead atoms. The minimum Gasteiger partial charge on any atom is -0.373 e. The average Bonchev–Trinajstić information content (AvgIpc) is 2.64. The lowest BCUT2D eigenvalue weighted by molar-refractivity contribution is 0.217. The number of halogens is 2. The molecule has 0 saturated heterocycles. The largest absolute Gasteiger partial charge is 0.373 e. The molecule has 1 heterocycles. The van der Waals surface area contributed by atoms with Gasteiger partial charge in [0.15, 0.2) is 5.75 Å². The molecule has 0 aliphatic heterocycles. The average molecular weight is 228 g/mol. The summed E-state index contributed by atoms with van der Waals surface area (Å²) < 4.78 is 1.53. The van der Waals surface area contributed by atoms with Gasteiger partial charge in [0.2, 0.25) is 0 Å². The Morgan fingerprint density at radius 3 is 2.07 bits per heavy atom. The normalized spacial score (nSPS) is 10.1. The molecule has 2 nitrogen and oxygen atoms in total. The van der Waals surface area contributed by atoms with Crippen molar-refractivity contribution in [2.75, 3.05) is 0 Å². The number of aromatic nitrogens is 1. The molecule has 4 heteroatoms. The molecular formula is C10H7Cl2NO. The van der Waals surface area contributed by atoms with Gasteiger partial charge in [0.25, 0.3) is 0 Å². The first-order chi connectivity index (χ1) is 6.77. The van der Waals surface area contributed by atoms with Crippen molar-refractivity contribution in [2.45, 2.75) is 0 Å². The third-order valence-electron chi connectivity index (χ3n) is 1.69. The van der Waals surface area contributed by atoms with Gasteiger partial charge in [0.05, 0.1) is 10.0 Å². The molecule has 0 fully saturated rings. The van der Waals surface area contributed by atoms with Gasteiger partial charge < -0.3 is 4.84 Å². The summed E-state index contributed by atoms with van der Waals surface area (Å²) in [4.78, 5) is 5.43. The fourth-order valence-corrected chi connectivity index (χ4v) is 1.52. The number of para-hydroxylation sites is 1. The van der Waals surface area contributed by atoms with Crippen molar-refractivity contribution in [2.24, 2.45) is 0 Å². The number of rotatable bonds is 2. The van der Waals surface area contributed by atoms with Crippen LogP contribution < -0.4 is 4.84 Å². The van der Waals surface area contributed by atoms with Crippen molar-refractivity contribution in [3.8, 4) is 5.75 Å². The van der Waals surface area contributed by atoms with Crippen LogP contribution in [-0.4, -0.2) is 4.73 Å². The number of hydrogen-bond acceptors (Lipinski definition) is 1. The fourth-order valence-electron chi connectivity index (χ4n) is 1.05. The smallest absolute Gasteiger partial charge is 0.192 e. The molecule has 1 aromatic carbocycles. The van der Waals surface area contributed by atoms with E-state index in [4.69, 9.17) is 28.0 Å². The van der Waals surface area contributed by atoms with Gasteiger partial charge >= 0.3 is 0 Å². The highest BCUT2D eigenvalue weighted by Crippen LogP contribution is 2.32. The van der Waals surface area contributed by atoms with Gasteiger partial charge in [-0.3, -0.25) is 0 Å². The first-order valence-electron chi connectivity index (χ1n) is 4.03. The van der Waals surface area contributed by atoms with Gasteiger partial charge in [-0.05, 0) is 24.3 Å². The molecule has 0 saturated carbocycles. The second-order valence-corrected chi connectivity index (χ2v) is 3.50. The number of nitrogens with zero attached hydrogens (tertiary/aromatic N) is 1. The van der Waals surface area contributed by atoms with Crippen LogP contribution in [0.4, 0.5) is 0 Å². The van der Waals surface area contributed by atoms with Crippen molar-refractivity contribution >= 4 is 23.2 Å². The molecule has 0 amide bonds. The van der Waals surface area contributed by atoms with Crippen molar-refractivity contribution in [3.63, 3.8) is 0 Å². The van der Waals surface area contributed by atoms with E-state index < -0.39 is 0 Å². The quantitative estimate of drug-likeness (QED) is 0.765. The summed E-state index contributed by atoms with van der Waals surface area (Å²) in [7, 11) is 0. The zero-order valence-corrected chi connectivity index (χ0v) is 8.66. The summed E-state index contributed by atoms with van der Waals surface area (Å²) >= 11 is 11.8. The van der Waals surface area contributed by atoms with Gasteiger partial charge in [-0.25, -0.2) is 0 Å². The van der Waals surface area contributed by atoms with E-state index in [0.717, 1.165) is 0 Å². The SMILES string of the molecule is Clc1cccc(Cl)c1On1cccc1. The molecule has 0 aliphatic rings. The Hall–Kier alpha value is -1.12. The predicted molar refractivity (Wildman–Crippen MR) is 56.9 cm³/mol. The number of hydrogen-bond donors (Lipinski definition) is 0. The van der Waals surface area contributed by atoms with Crippen molar-refractivity contribution in [1.82, 2.24) is 4.73 Å². The van der Waals surface area contributed by atoms with Crippen LogP contribution in [0.1, 0.15) is 0 Å². The molecule has 72 valence electrons. The van der Waals surface area contributed by atoms with Gasteiger partial charge in [-0.15, -0.1) is 0 Å². The molecule has 14 heavy (non-hydrogen) atoms. The minimum absolute atomic E-state index is 0.465. The van der Waals surface area contributed by atoms with E-state index in [1.807, 2.05) is 12.1 Å². The molecule has 0 radical (unpaired) electrons. The van der Waals surface area contributed by atoms with E-state index in [-0.39, 0.29) is 0 Å². The van der Waals surface area contributed by atoms with E-state index in [0.29, 0.717) is 15.8 Å². The summed E-state index contributed by atoms with van der Waals surface area (Å²) in [5.74, 6) is 0.465. The van der Waals surface area contributed by atoms with E-state index in [1.54, 1.807) is 30.6 Å².